The van der Waals surface area contributed by atoms with Crippen molar-refractivity contribution in [2.45, 2.75) is 64.5 Å². The second-order valence-electron chi connectivity index (χ2n) is 7.62. The Kier molecular flexibility index (Phi) is 4.66. The van der Waals surface area contributed by atoms with Gasteiger partial charge in [0.25, 0.3) is 0 Å². The Morgan fingerprint density at radius 1 is 1.31 bits per heavy atom. The molecule has 1 fully saturated rings. The van der Waals surface area contributed by atoms with E-state index in [2.05, 4.69) is 22.1 Å². The van der Waals surface area contributed by atoms with Crippen molar-refractivity contribution >= 4 is 11.7 Å². The third-order valence-electron chi connectivity index (χ3n) is 5.72. The number of aryl methyl sites for hydroxylation is 1. The highest BCUT2D eigenvalue weighted by Gasteiger charge is 2.32. The lowest BCUT2D eigenvalue weighted by Gasteiger charge is -2.25. The van der Waals surface area contributed by atoms with E-state index in [-0.39, 0.29) is 11.8 Å². The van der Waals surface area contributed by atoms with E-state index in [1.807, 2.05) is 34.8 Å². The predicted octanol–water partition coefficient (Wildman–Crippen LogP) is 3.63. The van der Waals surface area contributed by atoms with Crippen LogP contribution >= 0.6 is 0 Å². The number of hydrogen-bond acceptors (Lipinski definition) is 3. The first-order chi connectivity index (χ1) is 12.7. The van der Waals surface area contributed by atoms with Crippen molar-refractivity contribution in [3.63, 3.8) is 0 Å². The van der Waals surface area contributed by atoms with E-state index < -0.39 is 0 Å². The van der Waals surface area contributed by atoms with Crippen molar-refractivity contribution in [3.05, 3.63) is 41.9 Å². The predicted molar refractivity (Wildman–Crippen MR) is 101 cm³/mol. The highest BCUT2D eigenvalue weighted by molar-refractivity contribution is 5.94. The average molecular weight is 353 g/mol. The molecule has 0 radical (unpaired) electrons. The summed E-state index contributed by atoms with van der Waals surface area (Å²) in [6.07, 6.45) is 12.8. The van der Waals surface area contributed by atoms with E-state index in [9.17, 15) is 4.79 Å². The zero-order valence-corrected chi connectivity index (χ0v) is 15.4. The first-order valence-electron chi connectivity index (χ1n) is 9.66. The van der Waals surface area contributed by atoms with Gasteiger partial charge in [0.15, 0.2) is 0 Å². The minimum absolute atomic E-state index is 0.0254. The average Bonchev–Trinajstić information content (AvgIpc) is 3.19. The van der Waals surface area contributed by atoms with Gasteiger partial charge in [0.2, 0.25) is 5.91 Å². The summed E-state index contributed by atoms with van der Waals surface area (Å²) in [6.45, 7) is 7.36. The molecule has 6 heteroatoms. The van der Waals surface area contributed by atoms with Crippen LogP contribution in [-0.4, -0.2) is 25.5 Å². The number of nitrogens with zero attached hydrogens (tertiary/aromatic N) is 4. The van der Waals surface area contributed by atoms with E-state index in [1.165, 1.54) is 32.1 Å². The molecular weight excluding hydrogens is 326 g/mol. The molecule has 1 saturated carbocycles. The van der Waals surface area contributed by atoms with Gasteiger partial charge in [0.1, 0.15) is 5.82 Å². The van der Waals surface area contributed by atoms with Gasteiger partial charge in [0, 0.05) is 36.2 Å². The molecule has 26 heavy (non-hydrogen) atoms. The van der Waals surface area contributed by atoms with Crippen LogP contribution in [0.5, 0.6) is 0 Å². The highest BCUT2D eigenvalue weighted by Crippen LogP contribution is 2.38. The van der Waals surface area contributed by atoms with Gasteiger partial charge in [-0.05, 0) is 25.7 Å². The van der Waals surface area contributed by atoms with Crippen LogP contribution in [0.4, 0.5) is 5.82 Å². The van der Waals surface area contributed by atoms with Gasteiger partial charge >= 0.3 is 0 Å². The van der Waals surface area contributed by atoms with Crippen LogP contribution in [0.25, 0.3) is 0 Å². The number of aromatic nitrogens is 4. The molecule has 2 aliphatic rings. The normalized spacial score (nSPS) is 20.7. The number of nitrogens with one attached hydrogen (secondary N) is 1. The molecule has 1 aliphatic carbocycles. The standard InChI is InChI=1S/C20H27N5O/c1-3-9-24-13-18(14(2)23-24)16-10-19(26)22-20-17(16)11-21-25(20)12-15-7-5-4-6-8-15/h3,11,13,15-16H,1,4-10,12H2,2H3,(H,22,26). The molecule has 2 aromatic heterocycles. The second-order valence-corrected chi connectivity index (χ2v) is 7.62. The van der Waals surface area contributed by atoms with Gasteiger partial charge in [-0.25, -0.2) is 4.68 Å². The molecule has 6 nitrogen and oxygen atoms in total. The molecule has 138 valence electrons. The Bertz CT molecular complexity index is 812. The van der Waals surface area contributed by atoms with Crippen LogP contribution in [0.1, 0.15) is 61.3 Å². The number of carbonyl (C=O) groups is 1. The molecule has 1 amide bonds. The summed E-state index contributed by atoms with van der Waals surface area (Å²) in [4.78, 5) is 12.4. The Balaban J connectivity index is 1.64. The van der Waals surface area contributed by atoms with Crippen LogP contribution in [0.3, 0.4) is 0 Å². The van der Waals surface area contributed by atoms with Gasteiger partial charge in [-0.15, -0.1) is 6.58 Å². The van der Waals surface area contributed by atoms with Crippen molar-refractivity contribution in [1.29, 1.82) is 0 Å². The number of carbonyl (C=O) groups excluding carboxylic acids is 1. The van der Waals surface area contributed by atoms with Crippen LogP contribution in [0.15, 0.2) is 25.0 Å². The third kappa shape index (κ3) is 3.20. The summed E-state index contributed by atoms with van der Waals surface area (Å²) < 4.78 is 3.90. The fraction of sp³-hybridized carbons (Fsp3) is 0.550. The van der Waals surface area contributed by atoms with Gasteiger partial charge in [-0.2, -0.15) is 10.2 Å². The minimum atomic E-state index is 0.0254. The van der Waals surface area contributed by atoms with E-state index in [0.29, 0.717) is 18.9 Å². The third-order valence-corrected chi connectivity index (χ3v) is 5.72. The van der Waals surface area contributed by atoms with Gasteiger partial charge in [-0.3, -0.25) is 9.48 Å². The molecule has 3 heterocycles. The Morgan fingerprint density at radius 2 is 2.12 bits per heavy atom. The Hall–Kier alpha value is -2.37. The quantitative estimate of drug-likeness (QED) is 0.835. The lowest BCUT2D eigenvalue weighted by atomic mass is 9.87. The largest absolute Gasteiger partial charge is 0.311 e. The molecule has 1 N–H and O–H groups in total. The molecule has 1 unspecified atom stereocenters. The Labute approximate surface area is 154 Å². The molecule has 1 atom stereocenters. The number of allylic oxidation sites excluding steroid dienone is 1. The van der Waals surface area contributed by atoms with Gasteiger partial charge < -0.3 is 5.32 Å². The zero-order valence-electron chi connectivity index (χ0n) is 15.4. The van der Waals surface area contributed by atoms with Gasteiger partial charge in [-0.1, -0.05) is 25.3 Å². The maximum atomic E-state index is 12.4. The number of anilines is 1. The highest BCUT2D eigenvalue weighted by atomic mass is 16.1. The summed E-state index contributed by atoms with van der Waals surface area (Å²) in [5, 5.41) is 12.3. The van der Waals surface area contributed by atoms with Crippen LogP contribution < -0.4 is 5.32 Å². The fourth-order valence-corrected chi connectivity index (χ4v) is 4.40. The zero-order chi connectivity index (χ0) is 18.1. The topological polar surface area (TPSA) is 64.7 Å². The summed E-state index contributed by atoms with van der Waals surface area (Å²) >= 11 is 0. The van der Waals surface area contributed by atoms with E-state index in [1.54, 1.807) is 0 Å². The van der Waals surface area contributed by atoms with Crippen molar-refractivity contribution < 1.29 is 4.79 Å². The van der Waals surface area contributed by atoms with Crippen molar-refractivity contribution in [3.8, 4) is 0 Å². The van der Waals surface area contributed by atoms with Crippen molar-refractivity contribution in [1.82, 2.24) is 19.6 Å². The molecule has 0 bridgehead atoms. The maximum absolute atomic E-state index is 12.4. The molecule has 0 saturated heterocycles. The lowest BCUT2D eigenvalue weighted by Crippen LogP contribution is -2.26. The molecule has 1 aliphatic heterocycles. The monoisotopic (exact) mass is 353 g/mol. The smallest absolute Gasteiger partial charge is 0.226 e. The lowest BCUT2D eigenvalue weighted by molar-refractivity contribution is -0.116. The number of rotatable bonds is 5. The van der Waals surface area contributed by atoms with E-state index >= 15 is 0 Å². The number of hydrogen-bond donors (Lipinski definition) is 1. The van der Waals surface area contributed by atoms with Crippen LogP contribution in [0, 0.1) is 12.8 Å². The molecule has 2 aromatic rings. The van der Waals surface area contributed by atoms with E-state index in [0.717, 1.165) is 29.2 Å². The molecule has 0 aromatic carbocycles. The summed E-state index contributed by atoms with van der Waals surface area (Å²) in [7, 11) is 0. The summed E-state index contributed by atoms with van der Waals surface area (Å²) in [5.41, 5.74) is 3.19. The first kappa shape index (κ1) is 17.1. The minimum Gasteiger partial charge on any atom is -0.311 e. The first-order valence-corrected chi connectivity index (χ1v) is 9.66. The van der Waals surface area contributed by atoms with Crippen molar-refractivity contribution in [2.24, 2.45) is 5.92 Å². The van der Waals surface area contributed by atoms with Crippen LogP contribution in [-0.2, 0) is 17.9 Å². The molecular formula is C20H27N5O. The van der Waals surface area contributed by atoms with Gasteiger partial charge in [0.05, 0.1) is 18.4 Å². The fourth-order valence-electron chi connectivity index (χ4n) is 4.40. The van der Waals surface area contributed by atoms with Crippen molar-refractivity contribution in [2.75, 3.05) is 5.32 Å². The maximum Gasteiger partial charge on any atom is 0.226 e. The number of amides is 1. The summed E-state index contributed by atoms with van der Waals surface area (Å²) in [6, 6.07) is 0. The molecule has 0 spiro atoms. The molecule has 4 rings (SSSR count). The van der Waals surface area contributed by atoms with Crippen LogP contribution in [0.2, 0.25) is 0 Å². The number of fused-ring (bicyclic) bond motifs is 1. The Morgan fingerprint density at radius 3 is 2.88 bits per heavy atom. The summed E-state index contributed by atoms with van der Waals surface area (Å²) in [5.74, 6) is 1.64. The second kappa shape index (κ2) is 7.09. The van der Waals surface area contributed by atoms with E-state index in [4.69, 9.17) is 0 Å². The SMILES string of the molecule is C=CCn1cc(C2CC(=O)Nc3c2cnn3CC2CCCCC2)c(C)n1.